The average Bonchev–Trinajstić information content (AvgIpc) is 2.76. The first-order valence-corrected chi connectivity index (χ1v) is 6.79. The van der Waals surface area contributed by atoms with Crippen LogP contribution < -0.4 is 11.1 Å². The monoisotopic (exact) mass is 296 g/mol. The van der Waals surface area contributed by atoms with Crippen LogP contribution >= 0.6 is 15.9 Å². The van der Waals surface area contributed by atoms with E-state index in [0.717, 1.165) is 10.2 Å². The molecule has 1 aromatic carbocycles. The van der Waals surface area contributed by atoms with Gasteiger partial charge in [-0.1, -0.05) is 12.8 Å². The standard InChI is InChI=1S/C13H17BrN2O/c14-11-8-10(5-6-12(11)15)16-13(17)7-9-3-1-2-4-9/h5-6,8-9H,1-4,7,15H2,(H,16,17). The molecule has 0 aromatic heterocycles. The maximum absolute atomic E-state index is 11.8. The molecule has 3 nitrogen and oxygen atoms in total. The van der Waals surface area contributed by atoms with E-state index < -0.39 is 0 Å². The molecule has 1 amide bonds. The lowest BCUT2D eigenvalue weighted by Gasteiger charge is -2.10. The van der Waals surface area contributed by atoms with Gasteiger partial charge in [0, 0.05) is 22.3 Å². The number of nitrogens with one attached hydrogen (secondary N) is 1. The zero-order chi connectivity index (χ0) is 12.3. The molecule has 0 spiro atoms. The molecule has 0 bridgehead atoms. The van der Waals surface area contributed by atoms with Crippen LogP contribution in [0.3, 0.4) is 0 Å². The lowest BCUT2D eigenvalue weighted by molar-refractivity contribution is -0.117. The summed E-state index contributed by atoms with van der Waals surface area (Å²) in [6.45, 7) is 0. The number of carbonyl (C=O) groups excluding carboxylic acids is 1. The van der Waals surface area contributed by atoms with E-state index in [2.05, 4.69) is 21.2 Å². The number of anilines is 2. The van der Waals surface area contributed by atoms with Crippen LogP contribution in [-0.2, 0) is 4.79 Å². The summed E-state index contributed by atoms with van der Waals surface area (Å²) in [5, 5.41) is 2.91. The summed E-state index contributed by atoms with van der Waals surface area (Å²) in [6, 6.07) is 5.45. The van der Waals surface area contributed by atoms with Gasteiger partial charge in [-0.05, 0) is 52.9 Å². The van der Waals surface area contributed by atoms with Crippen LogP contribution in [0.25, 0.3) is 0 Å². The molecule has 1 saturated carbocycles. The van der Waals surface area contributed by atoms with E-state index in [1.54, 1.807) is 6.07 Å². The Hall–Kier alpha value is -1.03. The first-order valence-electron chi connectivity index (χ1n) is 6.00. The Bertz CT molecular complexity index is 414. The number of nitrogens with two attached hydrogens (primary N) is 1. The van der Waals surface area contributed by atoms with Crippen molar-refractivity contribution >= 4 is 33.2 Å². The summed E-state index contributed by atoms with van der Waals surface area (Å²) >= 11 is 3.35. The molecule has 92 valence electrons. The van der Waals surface area contributed by atoms with Gasteiger partial charge in [-0.3, -0.25) is 4.79 Å². The number of benzene rings is 1. The molecule has 0 aliphatic heterocycles. The molecular formula is C13H17BrN2O. The zero-order valence-electron chi connectivity index (χ0n) is 9.71. The SMILES string of the molecule is Nc1ccc(NC(=O)CC2CCCC2)cc1Br. The lowest BCUT2D eigenvalue weighted by atomic mass is 10.0. The molecule has 0 saturated heterocycles. The summed E-state index contributed by atoms with van der Waals surface area (Å²) in [5.74, 6) is 0.681. The van der Waals surface area contributed by atoms with E-state index in [4.69, 9.17) is 5.73 Å². The Labute approximate surface area is 110 Å². The number of hydrogen-bond donors (Lipinski definition) is 2. The minimum atomic E-state index is 0.105. The van der Waals surface area contributed by atoms with Gasteiger partial charge >= 0.3 is 0 Å². The molecular weight excluding hydrogens is 280 g/mol. The highest BCUT2D eigenvalue weighted by molar-refractivity contribution is 9.10. The second-order valence-corrected chi connectivity index (χ2v) is 5.49. The van der Waals surface area contributed by atoms with Crippen LogP contribution in [0.5, 0.6) is 0 Å². The van der Waals surface area contributed by atoms with E-state index in [0.29, 0.717) is 18.0 Å². The van der Waals surface area contributed by atoms with Gasteiger partial charge in [0.15, 0.2) is 0 Å². The largest absolute Gasteiger partial charge is 0.398 e. The topological polar surface area (TPSA) is 55.1 Å². The van der Waals surface area contributed by atoms with E-state index in [1.807, 2.05) is 12.1 Å². The van der Waals surface area contributed by atoms with Crippen molar-refractivity contribution in [2.45, 2.75) is 32.1 Å². The smallest absolute Gasteiger partial charge is 0.224 e. The first kappa shape index (κ1) is 12.4. The van der Waals surface area contributed by atoms with E-state index in [-0.39, 0.29) is 5.91 Å². The van der Waals surface area contributed by atoms with Gasteiger partial charge in [0.25, 0.3) is 0 Å². The van der Waals surface area contributed by atoms with Gasteiger partial charge in [0.05, 0.1) is 0 Å². The highest BCUT2D eigenvalue weighted by Crippen LogP contribution is 2.28. The first-order chi connectivity index (χ1) is 8.15. The molecule has 17 heavy (non-hydrogen) atoms. The third-order valence-electron chi connectivity index (χ3n) is 3.23. The van der Waals surface area contributed by atoms with Crippen LogP contribution in [0.2, 0.25) is 0 Å². The summed E-state index contributed by atoms with van der Waals surface area (Å²) in [4.78, 5) is 11.8. The number of amides is 1. The zero-order valence-corrected chi connectivity index (χ0v) is 11.3. The van der Waals surface area contributed by atoms with Crippen molar-refractivity contribution in [1.82, 2.24) is 0 Å². The fraction of sp³-hybridized carbons (Fsp3) is 0.462. The fourth-order valence-corrected chi connectivity index (χ4v) is 2.67. The van der Waals surface area contributed by atoms with Crippen molar-refractivity contribution in [3.63, 3.8) is 0 Å². The number of halogens is 1. The summed E-state index contributed by atoms with van der Waals surface area (Å²) in [6.07, 6.45) is 5.57. The summed E-state index contributed by atoms with van der Waals surface area (Å²) in [5.41, 5.74) is 7.17. The van der Waals surface area contributed by atoms with Crippen LogP contribution in [0.15, 0.2) is 22.7 Å². The Morgan fingerprint density at radius 3 is 2.76 bits per heavy atom. The second kappa shape index (κ2) is 5.54. The summed E-state index contributed by atoms with van der Waals surface area (Å²) in [7, 11) is 0. The molecule has 2 rings (SSSR count). The number of hydrogen-bond acceptors (Lipinski definition) is 2. The molecule has 0 unspecified atom stereocenters. The predicted molar refractivity (Wildman–Crippen MR) is 73.8 cm³/mol. The minimum absolute atomic E-state index is 0.105. The molecule has 1 aliphatic carbocycles. The molecule has 1 fully saturated rings. The number of rotatable bonds is 3. The minimum Gasteiger partial charge on any atom is -0.398 e. The quantitative estimate of drug-likeness (QED) is 0.838. The molecule has 0 heterocycles. The molecule has 0 radical (unpaired) electrons. The maximum Gasteiger partial charge on any atom is 0.224 e. The lowest BCUT2D eigenvalue weighted by Crippen LogP contribution is -2.15. The Morgan fingerprint density at radius 1 is 1.41 bits per heavy atom. The van der Waals surface area contributed by atoms with Gasteiger partial charge in [0.2, 0.25) is 5.91 Å². The molecule has 4 heteroatoms. The van der Waals surface area contributed by atoms with Crippen molar-refractivity contribution in [2.24, 2.45) is 5.92 Å². The second-order valence-electron chi connectivity index (χ2n) is 4.64. The van der Waals surface area contributed by atoms with E-state index in [1.165, 1.54) is 25.7 Å². The molecule has 3 N–H and O–H groups in total. The molecule has 1 aromatic rings. The predicted octanol–water partition coefficient (Wildman–Crippen LogP) is 3.55. The van der Waals surface area contributed by atoms with Gasteiger partial charge in [0.1, 0.15) is 0 Å². The third-order valence-corrected chi connectivity index (χ3v) is 3.92. The average molecular weight is 297 g/mol. The number of nitrogen functional groups attached to an aromatic ring is 1. The summed E-state index contributed by atoms with van der Waals surface area (Å²) < 4.78 is 0.816. The van der Waals surface area contributed by atoms with Crippen molar-refractivity contribution in [1.29, 1.82) is 0 Å². The van der Waals surface area contributed by atoms with Crippen LogP contribution in [0.4, 0.5) is 11.4 Å². The number of carbonyl (C=O) groups is 1. The van der Waals surface area contributed by atoms with Crippen molar-refractivity contribution in [3.05, 3.63) is 22.7 Å². The molecule has 1 aliphatic rings. The van der Waals surface area contributed by atoms with Crippen molar-refractivity contribution in [2.75, 3.05) is 11.1 Å². The van der Waals surface area contributed by atoms with Crippen LogP contribution in [-0.4, -0.2) is 5.91 Å². The van der Waals surface area contributed by atoms with Crippen molar-refractivity contribution in [3.8, 4) is 0 Å². The van der Waals surface area contributed by atoms with Gasteiger partial charge < -0.3 is 11.1 Å². The molecule has 0 atom stereocenters. The Kier molecular flexibility index (Phi) is 4.05. The highest BCUT2D eigenvalue weighted by Gasteiger charge is 2.18. The van der Waals surface area contributed by atoms with Crippen LogP contribution in [0, 0.1) is 5.92 Å². The third kappa shape index (κ3) is 3.46. The fourth-order valence-electron chi connectivity index (χ4n) is 2.29. The maximum atomic E-state index is 11.8. The van der Waals surface area contributed by atoms with Gasteiger partial charge in [-0.2, -0.15) is 0 Å². The Balaban J connectivity index is 1.90. The Morgan fingerprint density at radius 2 is 2.12 bits per heavy atom. The van der Waals surface area contributed by atoms with Gasteiger partial charge in [-0.25, -0.2) is 0 Å². The van der Waals surface area contributed by atoms with E-state index in [9.17, 15) is 4.79 Å². The normalized spacial score (nSPS) is 16.1. The highest BCUT2D eigenvalue weighted by atomic mass is 79.9. The van der Waals surface area contributed by atoms with E-state index >= 15 is 0 Å². The van der Waals surface area contributed by atoms with Crippen LogP contribution in [0.1, 0.15) is 32.1 Å². The van der Waals surface area contributed by atoms with Crippen molar-refractivity contribution < 1.29 is 4.79 Å². The van der Waals surface area contributed by atoms with Gasteiger partial charge in [-0.15, -0.1) is 0 Å².